The van der Waals surface area contributed by atoms with Gasteiger partial charge < -0.3 is 9.16 Å². The Morgan fingerprint density at radius 2 is 1.89 bits per heavy atom. The van der Waals surface area contributed by atoms with Crippen LogP contribution in [0.2, 0.25) is 5.04 Å². The first-order valence-corrected chi connectivity index (χ1v) is 7.47. The number of carbonyl (C=O) groups excluding carboxylic acids is 1. The molecule has 0 aliphatic carbocycles. The van der Waals surface area contributed by atoms with Crippen LogP contribution in [0.5, 0.6) is 5.75 Å². The van der Waals surface area contributed by atoms with Gasteiger partial charge in [0.1, 0.15) is 11.3 Å². The van der Waals surface area contributed by atoms with Crippen molar-refractivity contribution in [2.45, 2.75) is 32.7 Å². The molecule has 0 saturated carbocycles. The maximum atomic E-state index is 11.6. The van der Waals surface area contributed by atoms with E-state index in [0.717, 1.165) is 0 Å². The van der Waals surface area contributed by atoms with Crippen molar-refractivity contribution in [2.24, 2.45) is 5.92 Å². The van der Waals surface area contributed by atoms with Crippen LogP contribution in [0.15, 0.2) is 24.3 Å². The molecule has 0 radical (unpaired) electrons. The van der Waals surface area contributed by atoms with Crippen molar-refractivity contribution in [3.05, 3.63) is 29.8 Å². The summed E-state index contributed by atoms with van der Waals surface area (Å²) in [6.07, 6.45) is 0. The average molecular weight is 266 g/mol. The van der Waals surface area contributed by atoms with E-state index in [9.17, 15) is 4.79 Å². The second kappa shape index (κ2) is 6.04. The second-order valence-corrected chi connectivity index (χ2v) is 7.82. The molecule has 100 valence electrons. The van der Waals surface area contributed by atoms with E-state index < -0.39 is 9.76 Å². The summed E-state index contributed by atoms with van der Waals surface area (Å²) in [4.78, 5) is 11.6. The molecule has 0 atom stereocenters. The second-order valence-electron chi connectivity index (χ2n) is 5.42. The SMILES string of the molecule is COC(=O)c1ccccc1O[SiH2]C(C)(C)C(C)C. The van der Waals surface area contributed by atoms with Gasteiger partial charge in [-0.3, -0.25) is 0 Å². The molecule has 1 rings (SSSR count). The number of para-hydroxylation sites is 1. The molecule has 18 heavy (non-hydrogen) atoms. The van der Waals surface area contributed by atoms with Gasteiger partial charge in [0.15, 0.2) is 0 Å². The average Bonchev–Trinajstić information content (AvgIpc) is 2.35. The van der Waals surface area contributed by atoms with Crippen LogP contribution in [0.1, 0.15) is 38.1 Å². The number of benzene rings is 1. The van der Waals surface area contributed by atoms with Crippen molar-refractivity contribution in [1.29, 1.82) is 0 Å². The Balaban J connectivity index is 2.82. The van der Waals surface area contributed by atoms with Gasteiger partial charge in [0.05, 0.1) is 7.11 Å². The van der Waals surface area contributed by atoms with Gasteiger partial charge in [0, 0.05) is 0 Å². The van der Waals surface area contributed by atoms with Crippen molar-refractivity contribution in [3.63, 3.8) is 0 Å². The summed E-state index contributed by atoms with van der Waals surface area (Å²) in [7, 11) is 0.608. The number of rotatable bonds is 5. The summed E-state index contributed by atoms with van der Waals surface area (Å²) in [5, 5.41) is 0.198. The smallest absolute Gasteiger partial charge is 0.341 e. The highest BCUT2D eigenvalue weighted by Crippen LogP contribution is 2.33. The lowest BCUT2D eigenvalue weighted by Gasteiger charge is -2.28. The number of hydrogen-bond donors (Lipinski definition) is 0. The summed E-state index contributed by atoms with van der Waals surface area (Å²) < 4.78 is 10.7. The fraction of sp³-hybridized carbons (Fsp3) is 0.500. The molecule has 0 saturated heterocycles. The van der Waals surface area contributed by atoms with Crippen LogP contribution in [0, 0.1) is 5.92 Å². The van der Waals surface area contributed by atoms with E-state index in [2.05, 4.69) is 27.7 Å². The van der Waals surface area contributed by atoms with Crippen LogP contribution >= 0.6 is 0 Å². The molecule has 3 nitrogen and oxygen atoms in total. The summed E-state index contributed by atoms with van der Waals surface area (Å²) in [6.45, 7) is 8.82. The van der Waals surface area contributed by atoms with Gasteiger partial charge in [0.2, 0.25) is 9.76 Å². The molecule has 0 fully saturated rings. The summed E-state index contributed by atoms with van der Waals surface area (Å²) in [5.41, 5.74) is 0.507. The minimum Gasteiger partial charge on any atom is -0.548 e. The zero-order valence-electron chi connectivity index (χ0n) is 11.8. The molecule has 0 heterocycles. The van der Waals surface area contributed by atoms with Crippen LogP contribution in [0.4, 0.5) is 0 Å². The predicted molar refractivity (Wildman–Crippen MR) is 75.8 cm³/mol. The van der Waals surface area contributed by atoms with E-state index in [1.165, 1.54) is 7.11 Å². The van der Waals surface area contributed by atoms with Crippen molar-refractivity contribution >= 4 is 15.7 Å². The summed E-state index contributed by atoms with van der Waals surface area (Å²) in [5.74, 6) is 0.862. The minimum absolute atomic E-state index is 0.198. The molecular formula is C14H22O3Si. The lowest BCUT2D eigenvalue weighted by atomic mass is 9.99. The largest absolute Gasteiger partial charge is 0.548 e. The van der Waals surface area contributed by atoms with Crippen molar-refractivity contribution in [3.8, 4) is 5.75 Å². The highest BCUT2D eigenvalue weighted by molar-refractivity contribution is 6.33. The predicted octanol–water partition coefficient (Wildman–Crippen LogP) is 2.79. The van der Waals surface area contributed by atoms with Gasteiger partial charge in [-0.1, -0.05) is 39.8 Å². The Hall–Kier alpha value is -1.29. The molecular weight excluding hydrogens is 244 g/mol. The van der Waals surface area contributed by atoms with E-state index in [4.69, 9.17) is 9.16 Å². The first-order valence-electron chi connectivity index (χ1n) is 6.18. The molecule has 0 N–H and O–H groups in total. The van der Waals surface area contributed by atoms with Gasteiger partial charge in [-0.25, -0.2) is 4.79 Å². The Labute approximate surface area is 111 Å². The molecule has 1 aromatic carbocycles. The zero-order chi connectivity index (χ0) is 13.8. The molecule has 0 aromatic heterocycles. The number of carbonyl (C=O) groups is 1. The fourth-order valence-electron chi connectivity index (χ4n) is 1.30. The number of methoxy groups -OCH3 is 1. The first-order chi connectivity index (χ1) is 8.38. The van der Waals surface area contributed by atoms with E-state index in [1.807, 2.05) is 18.2 Å². The van der Waals surface area contributed by atoms with Gasteiger partial charge >= 0.3 is 5.97 Å². The van der Waals surface area contributed by atoms with Crippen LogP contribution in [0.25, 0.3) is 0 Å². The summed E-state index contributed by atoms with van der Waals surface area (Å²) >= 11 is 0. The quantitative estimate of drug-likeness (QED) is 0.607. The van der Waals surface area contributed by atoms with Crippen LogP contribution in [-0.2, 0) is 4.74 Å². The molecule has 0 aliphatic heterocycles. The normalized spacial score (nSPS) is 12.1. The summed E-state index contributed by atoms with van der Waals surface area (Å²) in [6, 6.07) is 7.25. The highest BCUT2D eigenvalue weighted by atomic mass is 28.2. The van der Waals surface area contributed by atoms with E-state index in [1.54, 1.807) is 6.07 Å². The lowest BCUT2D eigenvalue weighted by Crippen LogP contribution is -2.24. The number of hydrogen-bond acceptors (Lipinski definition) is 3. The van der Waals surface area contributed by atoms with E-state index in [-0.39, 0.29) is 11.0 Å². The van der Waals surface area contributed by atoms with Crippen LogP contribution < -0.4 is 4.43 Å². The van der Waals surface area contributed by atoms with Gasteiger partial charge in [-0.15, -0.1) is 0 Å². The van der Waals surface area contributed by atoms with Gasteiger partial charge in [-0.2, -0.15) is 0 Å². The molecule has 1 aromatic rings. The zero-order valence-corrected chi connectivity index (χ0v) is 13.2. The maximum Gasteiger partial charge on any atom is 0.341 e. The van der Waals surface area contributed by atoms with Crippen molar-refractivity contribution in [1.82, 2.24) is 0 Å². The van der Waals surface area contributed by atoms with E-state index in [0.29, 0.717) is 17.2 Å². The molecule has 0 bridgehead atoms. The molecule has 0 spiro atoms. The lowest BCUT2D eigenvalue weighted by molar-refractivity contribution is 0.0598. The molecule has 0 unspecified atom stereocenters. The van der Waals surface area contributed by atoms with Crippen LogP contribution in [-0.4, -0.2) is 22.8 Å². The molecule has 0 aliphatic rings. The fourth-order valence-corrected chi connectivity index (χ4v) is 2.41. The van der Waals surface area contributed by atoms with Crippen molar-refractivity contribution < 1.29 is 14.0 Å². The Kier molecular flexibility index (Phi) is 4.96. The topological polar surface area (TPSA) is 35.5 Å². The van der Waals surface area contributed by atoms with E-state index >= 15 is 0 Å². The van der Waals surface area contributed by atoms with Crippen molar-refractivity contribution in [2.75, 3.05) is 7.11 Å². The third-order valence-electron chi connectivity index (χ3n) is 3.45. The highest BCUT2D eigenvalue weighted by Gasteiger charge is 2.25. The number of esters is 1. The molecule has 4 heteroatoms. The van der Waals surface area contributed by atoms with Gasteiger partial charge in [-0.05, 0) is 23.1 Å². The Bertz CT molecular complexity index is 413. The Morgan fingerprint density at radius 3 is 2.44 bits per heavy atom. The molecule has 0 amide bonds. The third-order valence-corrected chi connectivity index (χ3v) is 5.47. The number of ether oxygens (including phenoxy) is 1. The Morgan fingerprint density at radius 1 is 1.28 bits per heavy atom. The third kappa shape index (κ3) is 3.60. The van der Waals surface area contributed by atoms with Gasteiger partial charge in [0.25, 0.3) is 0 Å². The first kappa shape index (κ1) is 14.8. The minimum atomic E-state index is -0.775. The monoisotopic (exact) mass is 266 g/mol. The van der Waals surface area contributed by atoms with Crippen LogP contribution in [0.3, 0.4) is 0 Å². The maximum absolute atomic E-state index is 11.6. The standard InChI is InChI=1S/C14H22O3Si/c1-10(2)14(3,4)18-17-12-9-7-6-8-11(12)13(15)16-5/h6-10H,18H2,1-5H3.